The van der Waals surface area contributed by atoms with E-state index in [4.69, 9.17) is 10.6 Å². The topological polar surface area (TPSA) is 60.2 Å². The van der Waals surface area contributed by atoms with E-state index in [0.29, 0.717) is 12.4 Å². The molecule has 1 heterocycles. The summed E-state index contributed by atoms with van der Waals surface area (Å²) >= 11 is 0. The first-order valence-corrected chi connectivity index (χ1v) is 6.40. The highest BCUT2D eigenvalue weighted by Gasteiger charge is 2.05. The largest absolute Gasteiger partial charge is 0.487 e. The first-order chi connectivity index (χ1) is 9.86. The zero-order valence-corrected chi connectivity index (χ0v) is 10.9. The van der Waals surface area contributed by atoms with Gasteiger partial charge in [-0.2, -0.15) is 0 Å². The molecule has 0 atom stereocenters. The molecule has 0 aliphatic heterocycles. The molecule has 0 radical (unpaired) electrons. The molecule has 0 aliphatic rings. The van der Waals surface area contributed by atoms with Crippen LogP contribution in [0.25, 0.3) is 10.9 Å². The third-order valence-electron chi connectivity index (χ3n) is 3.07. The Balaban J connectivity index is 1.90. The maximum atomic E-state index is 5.87. The Bertz CT molecular complexity index is 713. The van der Waals surface area contributed by atoms with Crippen LogP contribution in [0.3, 0.4) is 0 Å². The minimum absolute atomic E-state index is 0.516. The van der Waals surface area contributed by atoms with Crippen LogP contribution in [0.5, 0.6) is 5.75 Å². The van der Waals surface area contributed by atoms with Crippen molar-refractivity contribution in [2.45, 2.75) is 6.61 Å². The lowest BCUT2D eigenvalue weighted by Gasteiger charge is -2.09. The van der Waals surface area contributed by atoms with Crippen LogP contribution >= 0.6 is 0 Å². The van der Waals surface area contributed by atoms with Gasteiger partial charge in [0.1, 0.15) is 23.7 Å². The van der Waals surface area contributed by atoms with E-state index in [1.807, 2.05) is 60.7 Å². The van der Waals surface area contributed by atoms with Gasteiger partial charge in [-0.15, -0.1) is 0 Å². The number of hydrazine groups is 1. The lowest BCUT2D eigenvalue weighted by molar-refractivity contribution is 0.309. The molecule has 4 nitrogen and oxygen atoms in total. The highest BCUT2D eigenvalue weighted by molar-refractivity contribution is 5.85. The molecular weight excluding hydrogens is 250 g/mol. The third kappa shape index (κ3) is 2.55. The quantitative estimate of drug-likeness (QED) is 0.562. The van der Waals surface area contributed by atoms with E-state index < -0.39 is 0 Å². The van der Waals surface area contributed by atoms with Crippen molar-refractivity contribution < 1.29 is 4.74 Å². The average Bonchev–Trinajstić information content (AvgIpc) is 2.53. The van der Waals surface area contributed by atoms with E-state index in [9.17, 15) is 0 Å². The van der Waals surface area contributed by atoms with Crippen molar-refractivity contribution in [2.75, 3.05) is 5.43 Å². The van der Waals surface area contributed by atoms with Crippen LogP contribution in [0.4, 0.5) is 5.82 Å². The number of nitrogens with zero attached hydrogens (tertiary/aromatic N) is 1. The molecular formula is C16H15N3O. The number of fused-ring (bicyclic) bond motifs is 1. The summed E-state index contributed by atoms with van der Waals surface area (Å²) in [6, 6.07) is 19.7. The maximum absolute atomic E-state index is 5.87. The number of pyridine rings is 1. The smallest absolute Gasteiger partial charge is 0.146 e. The second kappa shape index (κ2) is 5.59. The summed E-state index contributed by atoms with van der Waals surface area (Å²) in [6.07, 6.45) is 0. The summed E-state index contributed by atoms with van der Waals surface area (Å²) in [5.41, 5.74) is 4.48. The van der Waals surface area contributed by atoms with Gasteiger partial charge in [0.25, 0.3) is 0 Å². The number of nitrogens with two attached hydrogens (primary N) is 1. The first kappa shape index (κ1) is 12.4. The Hall–Kier alpha value is -2.59. The van der Waals surface area contributed by atoms with E-state index in [0.717, 1.165) is 22.2 Å². The minimum atomic E-state index is 0.516. The number of benzene rings is 2. The zero-order chi connectivity index (χ0) is 13.8. The maximum Gasteiger partial charge on any atom is 0.146 e. The number of hydrogen-bond donors (Lipinski definition) is 2. The molecule has 1 aromatic heterocycles. The van der Waals surface area contributed by atoms with E-state index in [1.54, 1.807) is 0 Å². The molecule has 0 amide bonds. The molecule has 0 bridgehead atoms. The van der Waals surface area contributed by atoms with Crippen LogP contribution in [0.1, 0.15) is 5.56 Å². The Morgan fingerprint density at radius 1 is 0.950 bits per heavy atom. The molecule has 3 N–H and O–H groups in total. The number of ether oxygens (including phenoxy) is 1. The van der Waals surface area contributed by atoms with Gasteiger partial charge < -0.3 is 10.2 Å². The summed E-state index contributed by atoms with van der Waals surface area (Å²) in [4.78, 5) is 4.44. The number of para-hydroxylation sites is 1. The molecule has 0 aliphatic carbocycles. The zero-order valence-electron chi connectivity index (χ0n) is 10.9. The lowest BCUT2D eigenvalue weighted by atomic mass is 10.2. The summed E-state index contributed by atoms with van der Waals surface area (Å²) in [5.74, 6) is 6.77. The molecule has 3 rings (SSSR count). The Kier molecular flexibility index (Phi) is 3.48. The van der Waals surface area contributed by atoms with Gasteiger partial charge in [-0.3, -0.25) is 0 Å². The van der Waals surface area contributed by atoms with Crippen LogP contribution < -0.4 is 16.0 Å². The Morgan fingerprint density at radius 3 is 2.60 bits per heavy atom. The normalized spacial score (nSPS) is 10.4. The molecule has 0 saturated heterocycles. The predicted molar refractivity (Wildman–Crippen MR) is 80.3 cm³/mol. The van der Waals surface area contributed by atoms with E-state index in [-0.39, 0.29) is 0 Å². The van der Waals surface area contributed by atoms with Crippen LogP contribution in [-0.2, 0) is 6.61 Å². The SMILES string of the molecule is NNc1ccc2cccc(OCc3ccccc3)c2n1. The number of nitrogens with one attached hydrogen (secondary N) is 1. The molecule has 0 saturated carbocycles. The molecule has 2 aromatic carbocycles. The van der Waals surface area contributed by atoms with Gasteiger partial charge in [0.2, 0.25) is 0 Å². The standard InChI is InChI=1S/C16H15N3O/c17-19-15-10-9-13-7-4-8-14(16(13)18-15)20-11-12-5-2-1-3-6-12/h1-10H,11,17H2,(H,18,19). The van der Waals surface area contributed by atoms with Crippen LogP contribution in [0.15, 0.2) is 60.7 Å². The second-order valence-electron chi connectivity index (χ2n) is 4.44. The molecule has 20 heavy (non-hydrogen) atoms. The van der Waals surface area contributed by atoms with Crippen molar-refractivity contribution in [3.8, 4) is 5.75 Å². The predicted octanol–water partition coefficient (Wildman–Crippen LogP) is 3.10. The van der Waals surface area contributed by atoms with Gasteiger partial charge in [0.15, 0.2) is 0 Å². The van der Waals surface area contributed by atoms with Gasteiger partial charge in [-0.1, -0.05) is 42.5 Å². The average molecular weight is 265 g/mol. The van der Waals surface area contributed by atoms with Gasteiger partial charge in [-0.05, 0) is 23.8 Å². The molecule has 3 aromatic rings. The summed E-state index contributed by atoms with van der Waals surface area (Å²) in [5, 5.41) is 1.02. The van der Waals surface area contributed by atoms with E-state index >= 15 is 0 Å². The fourth-order valence-electron chi connectivity index (χ4n) is 2.05. The molecule has 0 spiro atoms. The number of anilines is 1. The highest BCUT2D eigenvalue weighted by atomic mass is 16.5. The number of nitrogen functional groups attached to an aromatic ring is 1. The van der Waals surface area contributed by atoms with Crippen LogP contribution in [-0.4, -0.2) is 4.98 Å². The van der Waals surface area contributed by atoms with Crippen molar-refractivity contribution in [3.63, 3.8) is 0 Å². The van der Waals surface area contributed by atoms with Crippen molar-refractivity contribution in [1.29, 1.82) is 0 Å². The third-order valence-corrected chi connectivity index (χ3v) is 3.07. The van der Waals surface area contributed by atoms with Crippen molar-refractivity contribution in [2.24, 2.45) is 5.84 Å². The molecule has 0 fully saturated rings. The summed E-state index contributed by atoms with van der Waals surface area (Å²) < 4.78 is 5.87. The fraction of sp³-hybridized carbons (Fsp3) is 0.0625. The lowest BCUT2D eigenvalue weighted by Crippen LogP contribution is -2.08. The Morgan fingerprint density at radius 2 is 1.80 bits per heavy atom. The molecule has 100 valence electrons. The summed E-state index contributed by atoms with van der Waals surface area (Å²) in [6.45, 7) is 0.516. The van der Waals surface area contributed by atoms with Crippen LogP contribution in [0, 0.1) is 0 Å². The van der Waals surface area contributed by atoms with Gasteiger partial charge in [0, 0.05) is 5.39 Å². The number of rotatable bonds is 4. The molecule has 0 unspecified atom stereocenters. The Labute approximate surface area is 117 Å². The number of aromatic nitrogens is 1. The van der Waals surface area contributed by atoms with E-state index in [1.165, 1.54) is 0 Å². The first-order valence-electron chi connectivity index (χ1n) is 6.40. The van der Waals surface area contributed by atoms with Gasteiger partial charge in [-0.25, -0.2) is 10.8 Å². The minimum Gasteiger partial charge on any atom is -0.487 e. The van der Waals surface area contributed by atoms with E-state index in [2.05, 4.69) is 10.4 Å². The highest BCUT2D eigenvalue weighted by Crippen LogP contribution is 2.25. The fourth-order valence-corrected chi connectivity index (χ4v) is 2.05. The van der Waals surface area contributed by atoms with Crippen molar-refractivity contribution in [3.05, 3.63) is 66.2 Å². The number of hydrogen-bond acceptors (Lipinski definition) is 4. The van der Waals surface area contributed by atoms with Crippen molar-refractivity contribution in [1.82, 2.24) is 4.98 Å². The van der Waals surface area contributed by atoms with Gasteiger partial charge >= 0.3 is 0 Å². The van der Waals surface area contributed by atoms with Gasteiger partial charge in [0.05, 0.1) is 0 Å². The van der Waals surface area contributed by atoms with Crippen LogP contribution in [0.2, 0.25) is 0 Å². The summed E-state index contributed by atoms with van der Waals surface area (Å²) in [7, 11) is 0. The monoisotopic (exact) mass is 265 g/mol. The van der Waals surface area contributed by atoms with Crippen molar-refractivity contribution >= 4 is 16.7 Å². The molecule has 4 heteroatoms. The second-order valence-corrected chi connectivity index (χ2v) is 4.44.